The Labute approximate surface area is 162 Å². The number of carbonyl (C=O) groups excluding carboxylic acids is 2. The van der Waals surface area contributed by atoms with Crippen molar-refractivity contribution in [3.8, 4) is 0 Å². The molecule has 148 valence electrons. The normalized spacial score (nSPS) is 12.6. The van der Waals surface area contributed by atoms with E-state index < -0.39 is 23.6 Å². The number of alkyl carbamates (subject to hydrolysis) is 1. The SMILES string of the molecule is Cn1cc(C[C@@H](NC(=O)OC(C)(C)C)C(=O)Nc2ncn[nH]2)c2ccccc21. The van der Waals surface area contributed by atoms with Crippen LogP contribution in [0.3, 0.4) is 0 Å². The number of aryl methyl sites for hydroxylation is 1. The standard InChI is InChI=1S/C19H24N6O3/c1-19(2,3)28-18(27)22-14(16(26)23-17-20-11-21-24-17)9-12-10-25(4)15-8-6-5-7-13(12)15/h5-8,10-11,14H,9H2,1-4H3,(H,22,27)(H2,20,21,23,24,26)/t14-/m1/s1. The second-order valence-electron chi connectivity index (χ2n) is 7.51. The van der Waals surface area contributed by atoms with Gasteiger partial charge in [-0.15, -0.1) is 0 Å². The molecule has 2 heterocycles. The van der Waals surface area contributed by atoms with Crippen molar-refractivity contribution in [3.63, 3.8) is 0 Å². The number of amides is 2. The van der Waals surface area contributed by atoms with Crippen molar-refractivity contribution in [2.45, 2.75) is 38.8 Å². The van der Waals surface area contributed by atoms with Crippen LogP contribution in [-0.4, -0.2) is 43.4 Å². The van der Waals surface area contributed by atoms with Gasteiger partial charge in [0.15, 0.2) is 0 Å². The third-order valence-electron chi connectivity index (χ3n) is 4.07. The van der Waals surface area contributed by atoms with Gasteiger partial charge >= 0.3 is 6.09 Å². The van der Waals surface area contributed by atoms with Crippen LogP contribution >= 0.6 is 0 Å². The molecule has 3 N–H and O–H groups in total. The van der Waals surface area contributed by atoms with Crippen molar-refractivity contribution in [2.24, 2.45) is 7.05 Å². The number of hydrogen-bond acceptors (Lipinski definition) is 5. The predicted molar refractivity (Wildman–Crippen MR) is 105 cm³/mol. The summed E-state index contributed by atoms with van der Waals surface area (Å²) in [7, 11) is 1.94. The molecule has 3 aromatic rings. The number of para-hydroxylation sites is 1. The quantitative estimate of drug-likeness (QED) is 0.625. The van der Waals surface area contributed by atoms with Crippen molar-refractivity contribution in [2.75, 3.05) is 5.32 Å². The summed E-state index contributed by atoms with van der Waals surface area (Å²) >= 11 is 0. The zero-order chi connectivity index (χ0) is 20.3. The fourth-order valence-electron chi connectivity index (χ4n) is 2.94. The number of fused-ring (bicyclic) bond motifs is 1. The van der Waals surface area contributed by atoms with Crippen LogP contribution in [0.15, 0.2) is 36.8 Å². The molecule has 9 heteroatoms. The summed E-state index contributed by atoms with van der Waals surface area (Å²) in [6.07, 6.45) is 2.87. The zero-order valence-corrected chi connectivity index (χ0v) is 16.3. The number of hydrogen-bond donors (Lipinski definition) is 3. The molecule has 0 aliphatic carbocycles. The number of anilines is 1. The highest BCUT2D eigenvalue weighted by Gasteiger charge is 2.26. The summed E-state index contributed by atoms with van der Waals surface area (Å²) in [5, 5.41) is 12.6. The van der Waals surface area contributed by atoms with Gasteiger partial charge in [0.1, 0.15) is 18.0 Å². The van der Waals surface area contributed by atoms with E-state index in [-0.39, 0.29) is 5.95 Å². The van der Waals surface area contributed by atoms with Crippen LogP contribution in [0.1, 0.15) is 26.3 Å². The fraction of sp³-hybridized carbons (Fsp3) is 0.368. The first kappa shape index (κ1) is 19.4. The number of H-pyrrole nitrogens is 1. The van der Waals surface area contributed by atoms with Crippen LogP contribution in [0.4, 0.5) is 10.7 Å². The lowest BCUT2D eigenvalue weighted by Crippen LogP contribution is -2.47. The minimum absolute atomic E-state index is 0.207. The van der Waals surface area contributed by atoms with Gasteiger partial charge in [0, 0.05) is 30.6 Å². The second-order valence-corrected chi connectivity index (χ2v) is 7.51. The first-order valence-corrected chi connectivity index (χ1v) is 8.91. The molecule has 0 aliphatic rings. The van der Waals surface area contributed by atoms with Gasteiger partial charge in [0.25, 0.3) is 0 Å². The maximum Gasteiger partial charge on any atom is 0.408 e. The molecule has 3 rings (SSSR count). The second kappa shape index (κ2) is 7.71. The van der Waals surface area contributed by atoms with Crippen molar-refractivity contribution in [1.82, 2.24) is 25.1 Å². The molecule has 0 aliphatic heterocycles. The highest BCUT2D eigenvalue weighted by Crippen LogP contribution is 2.22. The van der Waals surface area contributed by atoms with Gasteiger partial charge in [0.2, 0.25) is 11.9 Å². The largest absolute Gasteiger partial charge is 0.444 e. The van der Waals surface area contributed by atoms with Crippen LogP contribution in [0.5, 0.6) is 0 Å². The van der Waals surface area contributed by atoms with Crippen LogP contribution in [0, 0.1) is 0 Å². The molecular weight excluding hydrogens is 360 g/mol. The molecule has 0 spiro atoms. The Kier molecular flexibility index (Phi) is 5.34. The average molecular weight is 384 g/mol. The minimum Gasteiger partial charge on any atom is -0.444 e. The molecule has 2 aromatic heterocycles. The van der Waals surface area contributed by atoms with Gasteiger partial charge < -0.3 is 14.6 Å². The van der Waals surface area contributed by atoms with Crippen molar-refractivity contribution in [3.05, 3.63) is 42.4 Å². The van der Waals surface area contributed by atoms with Gasteiger partial charge in [-0.3, -0.25) is 10.1 Å². The number of ether oxygens (including phenoxy) is 1. The van der Waals surface area contributed by atoms with Crippen molar-refractivity contribution >= 4 is 28.9 Å². The lowest BCUT2D eigenvalue weighted by atomic mass is 10.0. The third-order valence-corrected chi connectivity index (χ3v) is 4.07. The highest BCUT2D eigenvalue weighted by atomic mass is 16.6. The van der Waals surface area contributed by atoms with Crippen molar-refractivity contribution < 1.29 is 14.3 Å². The molecule has 2 amide bonds. The van der Waals surface area contributed by atoms with Crippen LogP contribution < -0.4 is 10.6 Å². The summed E-state index contributed by atoms with van der Waals surface area (Å²) in [5.41, 5.74) is 1.31. The third kappa shape index (κ3) is 4.67. The maximum atomic E-state index is 12.8. The van der Waals surface area contributed by atoms with E-state index in [1.54, 1.807) is 20.8 Å². The minimum atomic E-state index is -0.856. The number of nitrogens with zero attached hydrogens (tertiary/aromatic N) is 3. The van der Waals surface area contributed by atoms with E-state index in [1.807, 2.05) is 42.1 Å². The molecule has 28 heavy (non-hydrogen) atoms. The number of aromatic nitrogens is 4. The number of aromatic amines is 1. The average Bonchev–Trinajstić information content (AvgIpc) is 3.21. The number of carbonyl (C=O) groups is 2. The molecule has 0 saturated carbocycles. The summed E-state index contributed by atoms with van der Waals surface area (Å²) < 4.78 is 7.30. The summed E-state index contributed by atoms with van der Waals surface area (Å²) in [6.45, 7) is 5.29. The van der Waals surface area contributed by atoms with Crippen LogP contribution in [0.25, 0.3) is 10.9 Å². The zero-order valence-electron chi connectivity index (χ0n) is 16.3. The highest BCUT2D eigenvalue weighted by molar-refractivity contribution is 5.96. The molecule has 0 unspecified atom stereocenters. The Morgan fingerprint density at radius 1 is 1.29 bits per heavy atom. The smallest absolute Gasteiger partial charge is 0.408 e. The van der Waals surface area contributed by atoms with Gasteiger partial charge in [-0.25, -0.2) is 9.89 Å². The van der Waals surface area contributed by atoms with Crippen LogP contribution in [0.2, 0.25) is 0 Å². The Bertz CT molecular complexity index is 971. The molecule has 0 fully saturated rings. The monoisotopic (exact) mass is 384 g/mol. The Balaban J connectivity index is 1.84. The van der Waals surface area contributed by atoms with E-state index in [2.05, 4.69) is 25.8 Å². The van der Waals surface area contributed by atoms with E-state index in [0.29, 0.717) is 6.42 Å². The molecule has 0 saturated heterocycles. The van der Waals surface area contributed by atoms with Crippen LogP contribution in [-0.2, 0) is 23.0 Å². The maximum absolute atomic E-state index is 12.8. The number of benzene rings is 1. The molecule has 9 nitrogen and oxygen atoms in total. The lowest BCUT2D eigenvalue weighted by molar-refractivity contribution is -0.118. The summed E-state index contributed by atoms with van der Waals surface area (Å²) in [4.78, 5) is 29.0. The van der Waals surface area contributed by atoms with Gasteiger partial charge in [0.05, 0.1) is 0 Å². The van der Waals surface area contributed by atoms with E-state index in [9.17, 15) is 9.59 Å². The number of rotatable bonds is 5. The molecule has 1 atom stereocenters. The number of nitrogens with one attached hydrogen (secondary N) is 3. The molecular formula is C19H24N6O3. The first-order chi connectivity index (χ1) is 13.2. The van der Waals surface area contributed by atoms with Gasteiger partial charge in [-0.05, 0) is 32.4 Å². The first-order valence-electron chi connectivity index (χ1n) is 8.91. The van der Waals surface area contributed by atoms with E-state index in [0.717, 1.165) is 16.5 Å². The summed E-state index contributed by atoms with van der Waals surface area (Å²) in [5.74, 6) is -0.213. The molecule has 1 aromatic carbocycles. The summed E-state index contributed by atoms with van der Waals surface area (Å²) in [6, 6.07) is 7.04. The Morgan fingerprint density at radius 3 is 2.71 bits per heavy atom. The fourth-order valence-corrected chi connectivity index (χ4v) is 2.94. The predicted octanol–water partition coefficient (Wildman–Crippen LogP) is 2.37. The molecule has 0 bridgehead atoms. The topological polar surface area (TPSA) is 114 Å². The van der Waals surface area contributed by atoms with E-state index >= 15 is 0 Å². The van der Waals surface area contributed by atoms with Crippen molar-refractivity contribution in [1.29, 1.82) is 0 Å². The molecule has 0 radical (unpaired) electrons. The van der Waals surface area contributed by atoms with Gasteiger partial charge in [-0.2, -0.15) is 10.1 Å². The van der Waals surface area contributed by atoms with E-state index in [1.165, 1.54) is 6.33 Å². The Hall–Kier alpha value is -3.36. The van der Waals surface area contributed by atoms with E-state index in [4.69, 9.17) is 4.74 Å². The lowest BCUT2D eigenvalue weighted by Gasteiger charge is -2.23. The van der Waals surface area contributed by atoms with Gasteiger partial charge in [-0.1, -0.05) is 18.2 Å². The Morgan fingerprint density at radius 2 is 2.04 bits per heavy atom.